The van der Waals surface area contributed by atoms with Crippen molar-refractivity contribution in [1.82, 2.24) is 10.3 Å². The summed E-state index contributed by atoms with van der Waals surface area (Å²) in [5, 5.41) is 4.83. The second kappa shape index (κ2) is 6.67. The van der Waals surface area contributed by atoms with E-state index in [0.717, 1.165) is 18.0 Å². The molecule has 2 nitrogen and oxygen atoms in total. The Morgan fingerprint density at radius 2 is 2.05 bits per heavy atom. The fourth-order valence-corrected chi connectivity index (χ4v) is 2.38. The van der Waals surface area contributed by atoms with E-state index in [1.165, 1.54) is 23.8 Å². The van der Waals surface area contributed by atoms with Gasteiger partial charge >= 0.3 is 0 Å². The first kappa shape index (κ1) is 14.0. The highest BCUT2D eigenvalue weighted by molar-refractivity contribution is 5.78. The molecule has 0 bridgehead atoms. The highest BCUT2D eigenvalue weighted by atomic mass is 14.9. The average molecular weight is 256 g/mol. The lowest BCUT2D eigenvalue weighted by Crippen LogP contribution is -2.27. The zero-order valence-corrected chi connectivity index (χ0v) is 12.2. The molecule has 2 atom stereocenters. The van der Waals surface area contributed by atoms with Crippen molar-refractivity contribution in [3.8, 4) is 0 Å². The molecule has 0 fully saturated rings. The van der Waals surface area contributed by atoms with Gasteiger partial charge < -0.3 is 5.32 Å². The molecule has 2 rings (SSSR count). The van der Waals surface area contributed by atoms with Gasteiger partial charge in [0.15, 0.2) is 0 Å². The first-order valence-corrected chi connectivity index (χ1v) is 7.26. The Labute approximate surface area is 116 Å². The summed E-state index contributed by atoms with van der Waals surface area (Å²) in [4.78, 5) is 4.35. The zero-order chi connectivity index (χ0) is 13.7. The molecule has 1 heterocycles. The molecule has 0 radical (unpaired) electrons. The topological polar surface area (TPSA) is 24.9 Å². The lowest BCUT2D eigenvalue weighted by molar-refractivity contribution is 0.412. The van der Waals surface area contributed by atoms with Crippen molar-refractivity contribution < 1.29 is 0 Å². The van der Waals surface area contributed by atoms with Gasteiger partial charge in [0, 0.05) is 24.2 Å². The summed E-state index contributed by atoms with van der Waals surface area (Å²) in [5.74, 6) is 0.795. The Kier molecular flexibility index (Phi) is 4.92. The monoisotopic (exact) mass is 256 g/mol. The molecular weight excluding hydrogens is 232 g/mol. The molecule has 19 heavy (non-hydrogen) atoms. The van der Waals surface area contributed by atoms with E-state index in [1.54, 1.807) is 0 Å². The third kappa shape index (κ3) is 4.03. The van der Waals surface area contributed by atoms with Crippen LogP contribution in [0.4, 0.5) is 0 Å². The van der Waals surface area contributed by atoms with Crippen LogP contribution in [0.15, 0.2) is 36.5 Å². The SMILES string of the molecule is CCC(C)CC(C)NCc1ccc2ncccc2c1. The number of nitrogens with zero attached hydrogens (tertiary/aromatic N) is 1. The van der Waals surface area contributed by atoms with E-state index < -0.39 is 0 Å². The van der Waals surface area contributed by atoms with Crippen LogP contribution in [0, 0.1) is 5.92 Å². The third-order valence-electron chi connectivity index (χ3n) is 3.77. The first-order valence-electron chi connectivity index (χ1n) is 7.26. The van der Waals surface area contributed by atoms with Crippen molar-refractivity contribution in [2.75, 3.05) is 0 Å². The maximum atomic E-state index is 4.35. The van der Waals surface area contributed by atoms with E-state index in [-0.39, 0.29) is 0 Å². The number of benzene rings is 1. The third-order valence-corrected chi connectivity index (χ3v) is 3.77. The van der Waals surface area contributed by atoms with E-state index >= 15 is 0 Å². The van der Waals surface area contributed by atoms with Crippen molar-refractivity contribution in [2.45, 2.75) is 46.2 Å². The lowest BCUT2D eigenvalue weighted by Gasteiger charge is -2.17. The molecule has 1 N–H and O–H groups in total. The summed E-state index contributed by atoms with van der Waals surface area (Å²) >= 11 is 0. The Bertz CT molecular complexity index is 521. The van der Waals surface area contributed by atoms with Gasteiger partial charge in [-0.3, -0.25) is 4.98 Å². The van der Waals surface area contributed by atoms with E-state index in [1.807, 2.05) is 12.3 Å². The van der Waals surface area contributed by atoms with Crippen LogP contribution in [0.25, 0.3) is 10.9 Å². The normalized spacial score (nSPS) is 14.5. The van der Waals surface area contributed by atoms with Crippen molar-refractivity contribution in [3.05, 3.63) is 42.1 Å². The summed E-state index contributed by atoms with van der Waals surface area (Å²) in [6.07, 6.45) is 4.34. The molecule has 0 aliphatic rings. The van der Waals surface area contributed by atoms with Crippen LogP contribution < -0.4 is 5.32 Å². The van der Waals surface area contributed by atoms with Crippen LogP contribution in [-0.2, 0) is 6.54 Å². The predicted octanol–water partition coefficient (Wildman–Crippen LogP) is 4.15. The van der Waals surface area contributed by atoms with Gasteiger partial charge in [-0.05, 0) is 43.0 Å². The van der Waals surface area contributed by atoms with Crippen LogP contribution in [0.3, 0.4) is 0 Å². The summed E-state index contributed by atoms with van der Waals surface area (Å²) in [6.45, 7) is 7.78. The number of hydrogen-bond donors (Lipinski definition) is 1. The molecule has 0 saturated carbocycles. The van der Waals surface area contributed by atoms with Crippen LogP contribution in [0.1, 0.15) is 39.2 Å². The number of rotatable bonds is 6. The average Bonchev–Trinajstić information content (AvgIpc) is 2.44. The highest BCUT2D eigenvalue weighted by Gasteiger charge is 2.06. The maximum absolute atomic E-state index is 4.35. The van der Waals surface area contributed by atoms with Gasteiger partial charge in [-0.1, -0.05) is 32.4 Å². The number of nitrogens with one attached hydrogen (secondary N) is 1. The minimum atomic E-state index is 0.569. The summed E-state index contributed by atoms with van der Waals surface area (Å²) in [5.41, 5.74) is 2.40. The van der Waals surface area contributed by atoms with Crippen molar-refractivity contribution >= 4 is 10.9 Å². The second-order valence-corrected chi connectivity index (χ2v) is 5.56. The van der Waals surface area contributed by atoms with Gasteiger partial charge in [-0.25, -0.2) is 0 Å². The fourth-order valence-electron chi connectivity index (χ4n) is 2.38. The van der Waals surface area contributed by atoms with Gasteiger partial charge in [-0.15, -0.1) is 0 Å². The second-order valence-electron chi connectivity index (χ2n) is 5.56. The number of fused-ring (bicyclic) bond motifs is 1. The minimum absolute atomic E-state index is 0.569. The fraction of sp³-hybridized carbons (Fsp3) is 0.471. The number of aromatic nitrogens is 1. The largest absolute Gasteiger partial charge is 0.310 e. The molecule has 2 unspecified atom stereocenters. The van der Waals surface area contributed by atoms with Gasteiger partial charge in [-0.2, -0.15) is 0 Å². The Hall–Kier alpha value is -1.41. The van der Waals surface area contributed by atoms with Crippen LogP contribution >= 0.6 is 0 Å². The molecule has 1 aromatic heterocycles. The Balaban J connectivity index is 1.94. The van der Waals surface area contributed by atoms with Crippen molar-refractivity contribution in [1.29, 1.82) is 0 Å². The Morgan fingerprint density at radius 3 is 2.84 bits per heavy atom. The standard InChI is InChI=1S/C17H24N2/c1-4-13(2)10-14(3)19-12-15-7-8-17-16(11-15)6-5-9-18-17/h5-9,11,13-14,19H,4,10,12H2,1-3H3. The van der Waals surface area contributed by atoms with Crippen molar-refractivity contribution in [3.63, 3.8) is 0 Å². The summed E-state index contributed by atoms with van der Waals surface area (Å²) < 4.78 is 0. The summed E-state index contributed by atoms with van der Waals surface area (Å²) in [6, 6.07) is 11.2. The van der Waals surface area contributed by atoms with Gasteiger partial charge in [0.2, 0.25) is 0 Å². The van der Waals surface area contributed by atoms with Gasteiger partial charge in [0.05, 0.1) is 5.52 Å². The van der Waals surface area contributed by atoms with Crippen molar-refractivity contribution in [2.24, 2.45) is 5.92 Å². The molecule has 0 aliphatic heterocycles. The number of hydrogen-bond acceptors (Lipinski definition) is 2. The molecule has 0 spiro atoms. The molecule has 0 aliphatic carbocycles. The molecule has 102 valence electrons. The molecular formula is C17H24N2. The predicted molar refractivity (Wildman–Crippen MR) is 82.1 cm³/mol. The number of pyridine rings is 1. The quantitative estimate of drug-likeness (QED) is 0.840. The van der Waals surface area contributed by atoms with E-state index in [9.17, 15) is 0 Å². The zero-order valence-electron chi connectivity index (χ0n) is 12.2. The Morgan fingerprint density at radius 1 is 1.21 bits per heavy atom. The molecule has 0 amide bonds. The maximum Gasteiger partial charge on any atom is 0.0702 e. The van der Waals surface area contributed by atoms with Crippen LogP contribution in [0.2, 0.25) is 0 Å². The summed E-state index contributed by atoms with van der Waals surface area (Å²) in [7, 11) is 0. The van der Waals surface area contributed by atoms with Crippen LogP contribution in [-0.4, -0.2) is 11.0 Å². The van der Waals surface area contributed by atoms with E-state index in [0.29, 0.717) is 6.04 Å². The lowest BCUT2D eigenvalue weighted by atomic mass is 10.0. The molecule has 2 aromatic rings. The molecule has 1 aromatic carbocycles. The van der Waals surface area contributed by atoms with Gasteiger partial charge in [0.1, 0.15) is 0 Å². The van der Waals surface area contributed by atoms with E-state index in [4.69, 9.17) is 0 Å². The smallest absolute Gasteiger partial charge is 0.0702 e. The highest BCUT2D eigenvalue weighted by Crippen LogP contribution is 2.14. The molecule has 0 saturated heterocycles. The van der Waals surface area contributed by atoms with Crippen LogP contribution in [0.5, 0.6) is 0 Å². The van der Waals surface area contributed by atoms with E-state index in [2.05, 4.69) is 55.3 Å². The first-order chi connectivity index (χ1) is 9.19. The van der Waals surface area contributed by atoms with Gasteiger partial charge in [0.25, 0.3) is 0 Å². The molecule has 2 heteroatoms. The minimum Gasteiger partial charge on any atom is -0.310 e.